The smallest absolute Gasteiger partial charge is 0.227 e. The van der Waals surface area contributed by atoms with Gasteiger partial charge in [0.1, 0.15) is 18.3 Å². The molecule has 2 amide bonds. The average Bonchev–Trinajstić information content (AvgIpc) is 2.50. The highest BCUT2D eigenvalue weighted by Crippen LogP contribution is 2.26. The van der Waals surface area contributed by atoms with E-state index >= 15 is 0 Å². The Morgan fingerprint density at radius 1 is 1.00 bits per heavy atom. The van der Waals surface area contributed by atoms with Gasteiger partial charge >= 0.3 is 0 Å². The molecule has 7 atom stereocenters. The maximum atomic E-state index is 12.5. The van der Waals surface area contributed by atoms with Gasteiger partial charge in [-0.05, 0) is 19.8 Å². The third-order valence-corrected chi connectivity index (χ3v) is 4.63. The van der Waals surface area contributed by atoms with Crippen molar-refractivity contribution in [1.29, 1.82) is 0 Å². The number of rotatable bonds is 3. The van der Waals surface area contributed by atoms with Crippen LogP contribution < -0.4 is 10.6 Å². The zero-order valence-electron chi connectivity index (χ0n) is 13.4. The van der Waals surface area contributed by atoms with E-state index in [2.05, 4.69) is 10.6 Å². The third kappa shape index (κ3) is 4.20. The molecule has 0 bridgehead atoms. The van der Waals surface area contributed by atoms with Crippen LogP contribution in [0.4, 0.5) is 0 Å². The van der Waals surface area contributed by atoms with E-state index in [9.17, 15) is 24.9 Å². The average molecular weight is 330 g/mol. The van der Waals surface area contributed by atoms with E-state index < -0.39 is 36.6 Å². The Balaban J connectivity index is 2.00. The van der Waals surface area contributed by atoms with Crippen molar-refractivity contribution in [3.05, 3.63) is 0 Å². The monoisotopic (exact) mass is 330 g/mol. The summed E-state index contributed by atoms with van der Waals surface area (Å²) in [7, 11) is 0. The number of nitrogens with one attached hydrogen (secondary N) is 2. The summed E-state index contributed by atoms with van der Waals surface area (Å²) >= 11 is 0. The molecule has 2 rings (SSSR count). The van der Waals surface area contributed by atoms with E-state index in [1.807, 2.05) is 0 Å². The highest BCUT2D eigenvalue weighted by molar-refractivity contribution is 5.81. The predicted octanol–water partition coefficient (Wildman–Crippen LogP) is -1.37. The molecule has 2 aliphatic rings. The van der Waals surface area contributed by atoms with Gasteiger partial charge in [0.2, 0.25) is 11.8 Å². The molecule has 1 heterocycles. The third-order valence-electron chi connectivity index (χ3n) is 4.63. The van der Waals surface area contributed by atoms with Crippen LogP contribution in [-0.4, -0.2) is 63.8 Å². The summed E-state index contributed by atoms with van der Waals surface area (Å²) in [6.45, 7) is 2.97. The van der Waals surface area contributed by atoms with Gasteiger partial charge in [0, 0.05) is 13.0 Å². The van der Waals surface area contributed by atoms with Crippen LogP contribution in [0, 0.1) is 5.92 Å². The molecule has 1 aliphatic heterocycles. The van der Waals surface area contributed by atoms with Crippen LogP contribution in [0.15, 0.2) is 0 Å². The summed E-state index contributed by atoms with van der Waals surface area (Å²) < 4.78 is 5.38. The molecule has 0 spiro atoms. The fourth-order valence-corrected chi connectivity index (χ4v) is 3.30. The van der Waals surface area contributed by atoms with Crippen molar-refractivity contribution >= 4 is 11.8 Å². The molecule has 0 radical (unpaired) electrons. The van der Waals surface area contributed by atoms with Crippen LogP contribution in [0.2, 0.25) is 0 Å². The molecule has 132 valence electrons. The zero-order chi connectivity index (χ0) is 17.1. The Morgan fingerprint density at radius 2 is 1.65 bits per heavy atom. The molecule has 8 heteroatoms. The second-order valence-electron chi connectivity index (χ2n) is 6.44. The van der Waals surface area contributed by atoms with Crippen molar-refractivity contribution in [2.45, 2.75) is 76.2 Å². The molecule has 1 aliphatic carbocycles. The minimum Gasteiger partial charge on any atom is -0.388 e. The van der Waals surface area contributed by atoms with Crippen LogP contribution in [-0.2, 0) is 14.3 Å². The lowest BCUT2D eigenvalue weighted by molar-refractivity contribution is -0.225. The van der Waals surface area contributed by atoms with E-state index in [0.717, 1.165) is 19.3 Å². The zero-order valence-corrected chi connectivity index (χ0v) is 13.4. The van der Waals surface area contributed by atoms with Crippen molar-refractivity contribution in [2.24, 2.45) is 5.92 Å². The second kappa shape index (κ2) is 7.57. The van der Waals surface area contributed by atoms with Crippen LogP contribution in [0.3, 0.4) is 0 Å². The van der Waals surface area contributed by atoms with Gasteiger partial charge < -0.3 is 30.7 Å². The second-order valence-corrected chi connectivity index (χ2v) is 6.44. The normalized spacial score (nSPS) is 41.2. The lowest BCUT2D eigenvalue weighted by Gasteiger charge is -2.40. The number of hydrogen-bond acceptors (Lipinski definition) is 6. The molecule has 2 fully saturated rings. The first-order valence-electron chi connectivity index (χ1n) is 8.08. The first kappa shape index (κ1) is 18.1. The number of aliphatic hydroxyl groups is 3. The maximum absolute atomic E-state index is 12.5. The molecule has 5 N–H and O–H groups in total. The number of aliphatic hydroxyl groups excluding tert-OH is 3. The van der Waals surface area contributed by atoms with Gasteiger partial charge in [-0.2, -0.15) is 0 Å². The van der Waals surface area contributed by atoms with Crippen molar-refractivity contribution in [1.82, 2.24) is 10.6 Å². The van der Waals surface area contributed by atoms with Crippen LogP contribution in [0.1, 0.15) is 39.5 Å². The largest absolute Gasteiger partial charge is 0.388 e. The Hall–Kier alpha value is -1.22. The Morgan fingerprint density at radius 3 is 2.30 bits per heavy atom. The van der Waals surface area contributed by atoms with Crippen molar-refractivity contribution in [3.8, 4) is 0 Å². The first-order valence-corrected chi connectivity index (χ1v) is 8.08. The minimum absolute atomic E-state index is 0.184. The number of carbonyl (C=O) groups is 2. The summed E-state index contributed by atoms with van der Waals surface area (Å²) in [4.78, 5) is 23.8. The first-order chi connectivity index (χ1) is 10.8. The molecule has 0 unspecified atom stereocenters. The molecule has 1 saturated heterocycles. The molecule has 23 heavy (non-hydrogen) atoms. The van der Waals surface area contributed by atoms with Crippen molar-refractivity contribution in [2.75, 3.05) is 0 Å². The highest BCUT2D eigenvalue weighted by atomic mass is 16.5. The minimum atomic E-state index is -1.41. The van der Waals surface area contributed by atoms with Gasteiger partial charge in [0.25, 0.3) is 0 Å². The molecular weight excluding hydrogens is 304 g/mol. The summed E-state index contributed by atoms with van der Waals surface area (Å²) in [6.07, 6.45) is -2.61. The topological polar surface area (TPSA) is 128 Å². The summed E-state index contributed by atoms with van der Waals surface area (Å²) in [5.41, 5.74) is 0. The van der Waals surface area contributed by atoms with Crippen LogP contribution >= 0.6 is 0 Å². The van der Waals surface area contributed by atoms with E-state index in [0.29, 0.717) is 6.42 Å². The lowest BCUT2D eigenvalue weighted by atomic mass is 9.83. The van der Waals surface area contributed by atoms with E-state index in [-0.39, 0.29) is 17.9 Å². The number of amides is 2. The van der Waals surface area contributed by atoms with Crippen LogP contribution in [0.25, 0.3) is 0 Å². The maximum Gasteiger partial charge on any atom is 0.227 e. The summed E-state index contributed by atoms with van der Waals surface area (Å²) in [5, 5.41) is 34.8. The van der Waals surface area contributed by atoms with E-state index in [1.165, 1.54) is 6.92 Å². The fourth-order valence-electron chi connectivity index (χ4n) is 3.30. The SMILES string of the molecule is CC(=O)N[C@H]1CCCC[C@@H]1C(=O)N[C@@H]1O[C@@H](C)[C@@H](O)[C@@H](O)[C@@H]1O. The van der Waals surface area contributed by atoms with E-state index in [1.54, 1.807) is 6.92 Å². The van der Waals surface area contributed by atoms with Crippen molar-refractivity contribution in [3.63, 3.8) is 0 Å². The molecule has 0 aromatic rings. The van der Waals surface area contributed by atoms with E-state index in [4.69, 9.17) is 4.74 Å². The Kier molecular flexibility index (Phi) is 5.96. The molecule has 1 saturated carbocycles. The molecule has 0 aromatic heterocycles. The highest BCUT2D eigenvalue weighted by Gasteiger charge is 2.43. The molecule has 0 aromatic carbocycles. The quantitative estimate of drug-likeness (QED) is 0.434. The van der Waals surface area contributed by atoms with Crippen molar-refractivity contribution < 1.29 is 29.6 Å². The predicted molar refractivity (Wildman–Crippen MR) is 80.1 cm³/mol. The van der Waals surface area contributed by atoms with Gasteiger partial charge in [-0.1, -0.05) is 12.8 Å². The standard InChI is InChI=1S/C15H26N2O6/c1-7-11(19)12(20)13(21)15(23-7)17-14(22)9-5-3-4-6-10(9)16-8(2)18/h7,9-13,15,19-21H,3-6H2,1-2H3,(H,16,18)(H,17,22)/t7-,9-,10-,11+,12+,13-,15+/m0/s1. The summed E-state index contributed by atoms with van der Waals surface area (Å²) in [5.74, 6) is -0.915. The van der Waals surface area contributed by atoms with Gasteiger partial charge in [0.05, 0.1) is 12.0 Å². The Bertz CT molecular complexity index is 446. The molecular formula is C15H26N2O6. The summed E-state index contributed by atoms with van der Waals surface area (Å²) in [6, 6.07) is -0.241. The number of ether oxygens (including phenoxy) is 1. The number of carbonyl (C=O) groups excluding carboxylic acids is 2. The lowest BCUT2D eigenvalue weighted by Crippen LogP contribution is -2.63. The Labute approximate surface area is 135 Å². The fraction of sp³-hybridized carbons (Fsp3) is 0.867. The molecule has 8 nitrogen and oxygen atoms in total. The van der Waals surface area contributed by atoms with Crippen LogP contribution in [0.5, 0.6) is 0 Å². The van der Waals surface area contributed by atoms with Gasteiger partial charge in [-0.15, -0.1) is 0 Å². The van der Waals surface area contributed by atoms with Gasteiger partial charge in [-0.3, -0.25) is 9.59 Å². The number of hydrogen-bond donors (Lipinski definition) is 5. The van der Waals surface area contributed by atoms with Gasteiger partial charge in [-0.25, -0.2) is 0 Å². The van der Waals surface area contributed by atoms with Gasteiger partial charge in [0.15, 0.2) is 6.23 Å².